The van der Waals surface area contributed by atoms with Gasteiger partial charge in [0, 0.05) is 46.4 Å². The number of aromatic nitrogens is 2. The Hall–Kier alpha value is -4.04. The van der Waals surface area contributed by atoms with E-state index in [1.54, 1.807) is 6.20 Å². The molecule has 0 saturated carbocycles. The van der Waals surface area contributed by atoms with Crippen molar-refractivity contribution in [3.8, 4) is 11.5 Å². The zero-order valence-corrected chi connectivity index (χ0v) is 17.1. The van der Waals surface area contributed by atoms with Gasteiger partial charge in [-0.2, -0.15) is 0 Å². The van der Waals surface area contributed by atoms with Gasteiger partial charge in [0.1, 0.15) is 0 Å². The van der Waals surface area contributed by atoms with Crippen molar-refractivity contribution in [3.05, 3.63) is 59.9 Å². The van der Waals surface area contributed by atoms with Crippen molar-refractivity contribution in [2.24, 2.45) is 5.73 Å². The molecule has 4 heterocycles. The Morgan fingerprint density at radius 3 is 2.62 bits per heavy atom. The fraction of sp³-hybridized carbons (Fsp3) is 0.167. The number of H-pyrrole nitrogens is 1. The number of hydrogen-bond donors (Lipinski definition) is 3. The number of carbonyl (C=O) groups is 2. The van der Waals surface area contributed by atoms with Gasteiger partial charge in [0.15, 0.2) is 11.5 Å². The van der Waals surface area contributed by atoms with Crippen molar-refractivity contribution in [2.75, 3.05) is 13.3 Å². The topological polar surface area (TPSA) is 111 Å². The molecule has 0 saturated heterocycles. The summed E-state index contributed by atoms with van der Waals surface area (Å²) >= 11 is 0. The molecule has 4 aromatic rings. The second-order valence-electron chi connectivity index (χ2n) is 7.86. The van der Waals surface area contributed by atoms with Gasteiger partial charge in [-0.05, 0) is 31.2 Å². The van der Waals surface area contributed by atoms with Gasteiger partial charge >= 0.3 is 0 Å². The molecule has 8 heteroatoms. The molecule has 2 aliphatic rings. The van der Waals surface area contributed by atoms with Crippen LogP contribution in [0.25, 0.3) is 33.0 Å². The highest BCUT2D eigenvalue weighted by Crippen LogP contribution is 2.44. The predicted molar refractivity (Wildman–Crippen MR) is 120 cm³/mol. The lowest BCUT2D eigenvalue weighted by Crippen LogP contribution is -2.22. The van der Waals surface area contributed by atoms with Gasteiger partial charge in [0.05, 0.1) is 16.7 Å². The molecule has 6 rings (SSSR count). The predicted octanol–water partition coefficient (Wildman–Crippen LogP) is 2.77. The molecule has 160 valence electrons. The summed E-state index contributed by atoms with van der Waals surface area (Å²) in [4.78, 5) is 29.2. The van der Waals surface area contributed by atoms with Gasteiger partial charge in [-0.3, -0.25) is 14.9 Å². The SMILES string of the molecule is NCCCn1cc(C2=C(c3c[nH]c4ccccc34)C(=O)NC2=O)c2ccc3c(c21)OCO3. The van der Waals surface area contributed by atoms with Crippen molar-refractivity contribution in [1.29, 1.82) is 0 Å². The largest absolute Gasteiger partial charge is 0.454 e. The van der Waals surface area contributed by atoms with Gasteiger partial charge in [-0.15, -0.1) is 0 Å². The monoisotopic (exact) mass is 428 g/mol. The summed E-state index contributed by atoms with van der Waals surface area (Å²) in [5.41, 5.74) is 9.58. The minimum absolute atomic E-state index is 0.147. The van der Waals surface area contributed by atoms with Gasteiger partial charge in [-0.1, -0.05) is 18.2 Å². The maximum atomic E-state index is 13.0. The molecule has 0 fully saturated rings. The minimum atomic E-state index is -0.411. The molecule has 2 aromatic heterocycles. The first-order chi connectivity index (χ1) is 15.7. The fourth-order valence-corrected chi connectivity index (χ4v) is 4.63. The molecule has 0 radical (unpaired) electrons. The molecule has 32 heavy (non-hydrogen) atoms. The number of amides is 2. The number of hydrogen-bond acceptors (Lipinski definition) is 5. The van der Waals surface area contributed by atoms with Crippen LogP contribution in [0.4, 0.5) is 0 Å². The highest BCUT2D eigenvalue weighted by atomic mass is 16.7. The van der Waals surface area contributed by atoms with E-state index in [1.807, 2.05) is 47.2 Å². The Kier molecular flexibility index (Phi) is 4.09. The van der Waals surface area contributed by atoms with Gasteiger partial charge < -0.3 is 24.8 Å². The molecule has 2 aliphatic heterocycles. The van der Waals surface area contributed by atoms with Gasteiger partial charge in [0.2, 0.25) is 6.79 Å². The molecule has 2 aromatic carbocycles. The second-order valence-corrected chi connectivity index (χ2v) is 7.86. The lowest BCUT2D eigenvalue weighted by Gasteiger charge is -2.06. The number of para-hydroxylation sites is 1. The fourth-order valence-electron chi connectivity index (χ4n) is 4.63. The molecular formula is C24H20N4O4. The first-order valence-corrected chi connectivity index (χ1v) is 10.5. The molecule has 0 spiro atoms. The van der Waals surface area contributed by atoms with E-state index in [0.29, 0.717) is 46.9 Å². The standard InChI is InChI=1S/C24H20N4O4/c25-8-3-9-28-11-16(14-6-7-18-22(21(14)28)32-12-31-18)20-19(23(29)27-24(20)30)15-10-26-17-5-2-1-4-13(15)17/h1-2,4-7,10-11,26H,3,8-9,12,25H2,(H,27,29,30). The molecule has 2 amide bonds. The number of nitrogens with zero attached hydrogens (tertiary/aromatic N) is 1. The number of rotatable bonds is 5. The number of imide groups is 1. The van der Waals surface area contributed by atoms with Crippen molar-refractivity contribution < 1.29 is 19.1 Å². The average Bonchev–Trinajstić information content (AvgIpc) is 3.55. The number of nitrogens with one attached hydrogen (secondary N) is 2. The molecule has 4 N–H and O–H groups in total. The first-order valence-electron chi connectivity index (χ1n) is 10.5. The molecule has 8 nitrogen and oxygen atoms in total. The average molecular weight is 428 g/mol. The third-order valence-corrected chi connectivity index (χ3v) is 6.04. The summed E-state index contributed by atoms with van der Waals surface area (Å²) in [5.74, 6) is 0.489. The van der Waals surface area contributed by atoms with Crippen molar-refractivity contribution in [1.82, 2.24) is 14.9 Å². The number of benzene rings is 2. The highest BCUT2D eigenvalue weighted by molar-refractivity contribution is 6.50. The summed E-state index contributed by atoms with van der Waals surface area (Å²) in [6, 6.07) is 11.5. The zero-order chi connectivity index (χ0) is 21.8. The Bertz CT molecular complexity index is 1460. The Morgan fingerprint density at radius 1 is 0.969 bits per heavy atom. The number of carbonyl (C=O) groups excluding carboxylic acids is 2. The molecule has 0 bridgehead atoms. The van der Waals surface area contributed by atoms with Crippen LogP contribution in [-0.4, -0.2) is 34.7 Å². The third-order valence-electron chi connectivity index (χ3n) is 6.04. The number of ether oxygens (including phenoxy) is 2. The maximum Gasteiger partial charge on any atom is 0.259 e. The number of aryl methyl sites for hydroxylation is 1. The van der Waals surface area contributed by atoms with Crippen LogP contribution in [-0.2, 0) is 16.1 Å². The maximum absolute atomic E-state index is 13.0. The van der Waals surface area contributed by atoms with E-state index in [-0.39, 0.29) is 6.79 Å². The van der Waals surface area contributed by atoms with E-state index < -0.39 is 11.8 Å². The van der Waals surface area contributed by atoms with Crippen LogP contribution < -0.4 is 20.5 Å². The molecule has 0 unspecified atom stereocenters. The van der Waals surface area contributed by atoms with E-state index in [4.69, 9.17) is 15.2 Å². The second kappa shape index (κ2) is 7.00. The van der Waals surface area contributed by atoms with Crippen LogP contribution >= 0.6 is 0 Å². The lowest BCUT2D eigenvalue weighted by atomic mass is 9.95. The molecule has 0 aliphatic carbocycles. The van der Waals surface area contributed by atoms with Crippen molar-refractivity contribution in [2.45, 2.75) is 13.0 Å². The first kappa shape index (κ1) is 18.7. The summed E-state index contributed by atoms with van der Waals surface area (Å²) in [7, 11) is 0. The number of fused-ring (bicyclic) bond motifs is 4. The Labute approximate surface area is 182 Å². The van der Waals surface area contributed by atoms with E-state index in [9.17, 15) is 9.59 Å². The van der Waals surface area contributed by atoms with Crippen LogP contribution in [0.3, 0.4) is 0 Å². The molecule has 0 atom stereocenters. The quantitative estimate of drug-likeness (QED) is 0.423. The molecular weight excluding hydrogens is 408 g/mol. The van der Waals surface area contributed by atoms with Crippen LogP contribution in [0.2, 0.25) is 0 Å². The third kappa shape index (κ3) is 2.59. The summed E-state index contributed by atoms with van der Waals surface area (Å²) in [6.45, 7) is 1.33. The summed E-state index contributed by atoms with van der Waals surface area (Å²) in [6.07, 6.45) is 4.44. The van der Waals surface area contributed by atoms with Gasteiger partial charge in [-0.25, -0.2) is 0 Å². The van der Waals surface area contributed by atoms with Crippen molar-refractivity contribution >= 4 is 44.8 Å². The van der Waals surface area contributed by atoms with Crippen LogP contribution in [0, 0.1) is 0 Å². The normalized spacial score (nSPS) is 15.4. The Balaban J connectivity index is 1.65. The smallest absolute Gasteiger partial charge is 0.259 e. The van der Waals surface area contributed by atoms with Crippen LogP contribution in [0.15, 0.2) is 48.8 Å². The summed E-state index contributed by atoms with van der Waals surface area (Å²) < 4.78 is 13.3. The van der Waals surface area contributed by atoms with Crippen molar-refractivity contribution in [3.63, 3.8) is 0 Å². The Morgan fingerprint density at radius 2 is 1.78 bits per heavy atom. The van der Waals surface area contributed by atoms with Crippen LogP contribution in [0.1, 0.15) is 17.5 Å². The number of nitrogens with two attached hydrogens (primary N) is 1. The van der Waals surface area contributed by atoms with Gasteiger partial charge in [0.25, 0.3) is 11.8 Å². The van der Waals surface area contributed by atoms with E-state index in [0.717, 1.165) is 28.2 Å². The number of aromatic amines is 1. The van der Waals surface area contributed by atoms with E-state index >= 15 is 0 Å². The highest BCUT2D eigenvalue weighted by Gasteiger charge is 2.36. The van der Waals surface area contributed by atoms with E-state index in [1.165, 1.54) is 0 Å². The lowest BCUT2D eigenvalue weighted by molar-refractivity contribution is -0.122. The van der Waals surface area contributed by atoms with E-state index in [2.05, 4.69) is 10.3 Å². The summed E-state index contributed by atoms with van der Waals surface area (Å²) in [5, 5.41) is 4.19. The minimum Gasteiger partial charge on any atom is -0.454 e. The van der Waals surface area contributed by atoms with Crippen LogP contribution in [0.5, 0.6) is 11.5 Å². The zero-order valence-electron chi connectivity index (χ0n) is 17.1.